The number of ether oxygens (including phenoxy) is 1. The Morgan fingerprint density at radius 3 is 2.48 bits per heavy atom. The molecule has 2 fully saturated rings. The molecule has 0 saturated carbocycles. The minimum absolute atomic E-state index is 0.229. The van der Waals surface area contributed by atoms with E-state index in [1.165, 1.54) is 11.8 Å². The van der Waals surface area contributed by atoms with Crippen molar-refractivity contribution < 1.29 is 24.2 Å². The highest BCUT2D eigenvalue weighted by molar-refractivity contribution is 8.02. The number of benzene rings is 3. The van der Waals surface area contributed by atoms with Gasteiger partial charge in [0.05, 0.1) is 35.8 Å². The van der Waals surface area contributed by atoms with Gasteiger partial charge in [-0.05, 0) is 54.7 Å². The molecular weight excluding hydrogens is 572 g/mol. The van der Waals surface area contributed by atoms with Gasteiger partial charge in [0.2, 0.25) is 5.91 Å². The number of cyclic esters (lactones) is 1. The van der Waals surface area contributed by atoms with E-state index in [4.69, 9.17) is 4.74 Å². The van der Waals surface area contributed by atoms with Crippen LogP contribution in [0.15, 0.2) is 97.1 Å². The highest BCUT2D eigenvalue weighted by Crippen LogP contribution is 2.66. The first-order chi connectivity index (χ1) is 21.4. The Bertz CT molecular complexity index is 1670. The van der Waals surface area contributed by atoms with E-state index in [1.54, 1.807) is 9.80 Å². The van der Waals surface area contributed by atoms with E-state index in [2.05, 4.69) is 12.2 Å². The SMILES string of the molecule is C[C@@]12/C=C\CCCCOC(=O)[C@@H]1[C@H]1C(=O)N([C@H](CO)c3ccccc3)C3C(=O)N(c4ccc5ccccc5c4)CC=C[C@@]31S2. The molecule has 0 aliphatic carbocycles. The second-order valence-corrected chi connectivity index (χ2v) is 14.1. The Morgan fingerprint density at radius 1 is 0.909 bits per heavy atom. The predicted octanol–water partition coefficient (Wildman–Crippen LogP) is 5.45. The number of amides is 2. The van der Waals surface area contributed by atoms with Crippen LogP contribution in [0.5, 0.6) is 0 Å². The fraction of sp³-hybridized carbons (Fsp3) is 0.361. The zero-order valence-electron chi connectivity index (χ0n) is 24.7. The van der Waals surface area contributed by atoms with E-state index in [9.17, 15) is 14.7 Å². The van der Waals surface area contributed by atoms with Gasteiger partial charge in [-0.15, -0.1) is 11.8 Å². The lowest BCUT2D eigenvalue weighted by molar-refractivity contribution is -0.154. The molecule has 3 aromatic carbocycles. The van der Waals surface area contributed by atoms with Crippen LogP contribution in [0.25, 0.3) is 10.8 Å². The van der Waals surface area contributed by atoms with Gasteiger partial charge in [-0.3, -0.25) is 14.4 Å². The number of rotatable bonds is 4. The summed E-state index contributed by atoms with van der Waals surface area (Å²) in [7, 11) is 0. The molecule has 7 nitrogen and oxygen atoms in total. The summed E-state index contributed by atoms with van der Waals surface area (Å²) in [5.41, 5.74) is 1.47. The fourth-order valence-corrected chi connectivity index (χ4v) is 9.82. The minimum Gasteiger partial charge on any atom is -0.465 e. The van der Waals surface area contributed by atoms with Gasteiger partial charge >= 0.3 is 5.97 Å². The summed E-state index contributed by atoms with van der Waals surface area (Å²) in [5.74, 6) is -2.57. The minimum atomic E-state index is -1.04. The van der Waals surface area contributed by atoms with E-state index in [0.717, 1.165) is 41.3 Å². The smallest absolute Gasteiger partial charge is 0.311 e. The maximum Gasteiger partial charge on any atom is 0.311 e. The van der Waals surface area contributed by atoms with Crippen LogP contribution >= 0.6 is 11.8 Å². The van der Waals surface area contributed by atoms with Crippen LogP contribution in [0.3, 0.4) is 0 Å². The molecule has 0 aromatic heterocycles. The number of allylic oxidation sites excluding steroid dienone is 1. The van der Waals surface area contributed by atoms with Gasteiger partial charge in [0, 0.05) is 17.0 Å². The van der Waals surface area contributed by atoms with Crippen LogP contribution in [-0.4, -0.2) is 63.1 Å². The summed E-state index contributed by atoms with van der Waals surface area (Å²) in [5, 5.41) is 12.9. The molecule has 1 spiro atoms. The van der Waals surface area contributed by atoms with Gasteiger partial charge < -0.3 is 19.6 Å². The van der Waals surface area contributed by atoms with Gasteiger partial charge in [0.25, 0.3) is 5.91 Å². The molecule has 7 rings (SSSR count). The van der Waals surface area contributed by atoms with Crippen molar-refractivity contribution in [1.82, 2.24) is 4.90 Å². The molecule has 0 bridgehead atoms. The number of hydrogen-bond donors (Lipinski definition) is 1. The van der Waals surface area contributed by atoms with Crippen LogP contribution in [0.4, 0.5) is 5.69 Å². The molecule has 1 unspecified atom stereocenters. The molecule has 3 aromatic rings. The van der Waals surface area contributed by atoms with Gasteiger partial charge in [-0.1, -0.05) is 85.0 Å². The molecule has 6 atom stereocenters. The number of esters is 1. The molecule has 226 valence electrons. The lowest BCUT2D eigenvalue weighted by atomic mass is 9.74. The third-order valence-electron chi connectivity index (χ3n) is 9.68. The number of nitrogens with zero attached hydrogens (tertiary/aromatic N) is 2. The lowest BCUT2D eigenvalue weighted by Gasteiger charge is -2.40. The van der Waals surface area contributed by atoms with Gasteiger partial charge in [-0.2, -0.15) is 0 Å². The Balaban J connectivity index is 1.40. The van der Waals surface area contributed by atoms with Crippen molar-refractivity contribution in [1.29, 1.82) is 0 Å². The van der Waals surface area contributed by atoms with Crippen molar-refractivity contribution in [2.75, 3.05) is 24.7 Å². The van der Waals surface area contributed by atoms with Gasteiger partial charge in [-0.25, -0.2) is 0 Å². The monoisotopic (exact) mass is 608 g/mol. The molecule has 44 heavy (non-hydrogen) atoms. The van der Waals surface area contributed by atoms with Crippen LogP contribution in [0.2, 0.25) is 0 Å². The number of aliphatic hydroxyl groups is 1. The van der Waals surface area contributed by atoms with Crippen molar-refractivity contribution in [3.05, 3.63) is 103 Å². The maximum atomic E-state index is 15.0. The zero-order valence-corrected chi connectivity index (χ0v) is 25.5. The number of aliphatic hydroxyl groups excluding tert-OH is 1. The topological polar surface area (TPSA) is 87.1 Å². The Kier molecular flexibility index (Phi) is 7.37. The van der Waals surface area contributed by atoms with Crippen LogP contribution in [0, 0.1) is 11.8 Å². The number of fused-ring (bicyclic) bond motifs is 3. The van der Waals surface area contributed by atoms with Crippen LogP contribution in [0.1, 0.15) is 37.8 Å². The van der Waals surface area contributed by atoms with Gasteiger partial charge in [0.1, 0.15) is 6.04 Å². The molecule has 2 saturated heterocycles. The average Bonchev–Trinajstić information content (AvgIpc) is 3.37. The molecule has 4 aliphatic rings. The summed E-state index contributed by atoms with van der Waals surface area (Å²) in [4.78, 5) is 47.0. The lowest BCUT2D eigenvalue weighted by Crippen LogP contribution is -2.54. The summed E-state index contributed by atoms with van der Waals surface area (Å²) in [6.45, 7) is 2.26. The molecule has 4 heterocycles. The van der Waals surface area contributed by atoms with Crippen LogP contribution in [-0.2, 0) is 19.1 Å². The Labute approximate surface area is 261 Å². The number of likely N-dealkylation sites (tertiary alicyclic amines) is 1. The molecule has 0 radical (unpaired) electrons. The maximum absolute atomic E-state index is 15.0. The molecule has 1 N–H and O–H groups in total. The van der Waals surface area contributed by atoms with Crippen molar-refractivity contribution in [2.24, 2.45) is 11.8 Å². The quantitative estimate of drug-likeness (QED) is 0.313. The highest BCUT2D eigenvalue weighted by Gasteiger charge is 2.74. The predicted molar refractivity (Wildman–Crippen MR) is 172 cm³/mol. The van der Waals surface area contributed by atoms with E-state index in [0.29, 0.717) is 13.2 Å². The average molecular weight is 609 g/mol. The molecule has 8 heteroatoms. The first-order valence-corrected chi connectivity index (χ1v) is 16.2. The van der Waals surface area contributed by atoms with Crippen molar-refractivity contribution in [2.45, 2.75) is 47.8 Å². The van der Waals surface area contributed by atoms with Crippen molar-refractivity contribution >= 4 is 46.0 Å². The second-order valence-electron chi connectivity index (χ2n) is 12.3. The number of carbonyl (C=O) groups is 3. The standard InChI is InChI=1S/C36H36N2O5S/c1-35-18-9-2-3-10-21-43-34(42)30(35)29-32(40)38(28(23-39)25-13-5-4-6-14-25)31-33(41)37(20-11-19-36(29,31)44-35)27-17-16-24-12-7-8-15-26(24)22-27/h4-9,11-19,22,28-31,39H,2-3,10,20-21,23H2,1H3/b18-9-/t28-,29+,30+,31?,35-,36+/m1/s1. The largest absolute Gasteiger partial charge is 0.465 e. The second kappa shape index (κ2) is 11.2. The molecular formula is C36H36N2O5S. The van der Waals surface area contributed by atoms with Crippen LogP contribution < -0.4 is 4.90 Å². The number of hydrogen-bond acceptors (Lipinski definition) is 6. The van der Waals surface area contributed by atoms with Gasteiger partial charge in [0.15, 0.2) is 0 Å². The normalized spacial score (nSPS) is 31.6. The number of carbonyl (C=O) groups excluding carboxylic acids is 3. The Morgan fingerprint density at radius 2 is 1.68 bits per heavy atom. The summed E-state index contributed by atoms with van der Waals surface area (Å²) in [6, 6.07) is 21.6. The number of thioether (sulfide) groups is 1. The van der Waals surface area contributed by atoms with E-state index < -0.39 is 39.4 Å². The third kappa shape index (κ3) is 4.49. The third-order valence-corrected chi connectivity index (χ3v) is 11.5. The van der Waals surface area contributed by atoms with E-state index >= 15 is 4.79 Å². The van der Waals surface area contributed by atoms with E-state index in [-0.39, 0.29) is 18.4 Å². The fourth-order valence-electron chi connectivity index (χ4n) is 7.68. The summed E-state index contributed by atoms with van der Waals surface area (Å²) >= 11 is 1.52. The summed E-state index contributed by atoms with van der Waals surface area (Å²) < 4.78 is 4.00. The highest BCUT2D eigenvalue weighted by atomic mass is 32.2. The first-order valence-electron chi connectivity index (χ1n) is 15.4. The van der Waals surface area contributed by atoms with E-state index in [1.807, 2.05) is 91.9 Å². The molecule has 4 aliphatic heterocycles. The molecule has 2 amide bonds. The number of anilines is 1. The first kappa shape index (κ1) is 28.9. The zero-order chi connectivity index (χ0) is 30.5. The van der Waals surface area contributed by atoms with Crippen molar-refractivity contribution in [3.63, 3.8) is 0 Å². The summed E-state index contributed by atoms with van der Waals surface area (Å²) in [6.07, 6.45) is 10.7. The van der Waals surface area contributed by atoms with Crippen molar-refractivity contribution in [3.8, 4) is 0 Å². The Hall–Kier alpha value is -3.88.